The minimum Gasteiger partial charge on any atom is -1.00 e. The third-order valence-corrected chi connectivity index (χ3v) is 13.8. The van der Waals surface area contributed by atoms with Crippen LogP contribution >= 0.6 is 0 Å². The number of aromatic nitrogens is 4. The molecule has 4 N–H and O–H groups in total. The van der Waals surface area contributed by atoms with Gasteiger partial charge in [0.25, 0.3) is 0 Å². The molecule has 0 atom stereocenters. The van der Waals surface area contributed by atoms with Crippen LogP contribution in [0.4, 0.5) is 45.5 Å². The molecular weight excluding hydrogens is 898 g/mol. The Labute approximate surface area is 418 Å². The van der Waals surface area contributed by atoms with Crippen LogP contribution in [0.25, 0.3) is 78.1 Å². The van der Waals surface area contributed by atoms with Crippen LogP contribution in [0.15, 0.2) is 175 Å². The molecular formula is C60H50ClN9O. The van der Waals surface area contributed by atoms with Gasteiger partial charge in [0, 0.05) is 91.0 Å². The van der Waals surface area contributed by atoms with Gasteiger partial charge in [-0.05, 0) is 134 Å². The number of para-hydroxylation sites is 3. The smallest absolute Gasteiger partial charge is 0.239 e. The first-order valence-electron chi connectivity index (χ1n) is 23.6. The molecule has 2 aliphatic heterocycles. The number of benzene rings is 9. The summed E-state index contributed by atoms with van der Waals surface area (Å²) in [4.78, 5) is 25.9. The molecule has 8 aromatic carbocycles. The molecule has 12 rings (SSSR count). The molecule has 3 heterocycles. The van der Waals surface area contributed by atoms with Crippen molar-refractivity contribution in [3.63, 3.8) is 0 Å². The molecule has 0 radical (unpaired) electrons. The third kappa shape index (κ3) is 7.42. The number of rotatable bonds is 8. The van der Waals surface area contributed by atoms with Crippen LogP contribution in [0, 0.1) is 20.8 Å². The molecule has 3 aliphatic rings. The Morgan fingerprint density at radius 1 is 0.507 bits per heavy atom. The average molecular weight is 949 g/mol. The average Bonchev–Trinajstić information content (AvgIpc) is 3.39. The fourth-order valence-electron chi connectivity index (χ4n) is 10.3. The van der Waals surface area contributed by atoms with Crippen LogP contribution in [0.5, 0.6) is 0 Å². The number of hydrogen-bond donors (Lipinski definition) is 4. The summed E-state index contributed by atoms with van der Waals surface area (Å²) < 4.78 is 4.47. The van der Waals surface area contributed by atoms with Crippen LogP contribution in [-0.2, 0) is 0 Å². The van der Waals surface area contributed by atoms with Gasteiger partial charge in [-0.3, -0.25) is 4.79 Å². The molecule has 10 nitrogen and oxygen atoms in total. The predicted molar refractivity (Wildman–Crippen MR) is 290 cm³/mol. The molecule has 71 heavy (non-hydrogen) atoms. The molecule has 0 fully saturated rings. The van der Waals surface area contributed by atoms with E-state index in [2.05, 4.69) is 189 Å². The van der Waals surface area contributed by atoms with Gasteiger partial charge in [0.1, 0.15) is 11.0 Å². The molecule has 0 saturated heterocycles. The van der Waals surface area contributed by atoms with Gasteiger partial charge in [0.15, 0.2) is 5.43 Å². The van der Waals surface area contributed by atoms with Gasteiger partial charge in [-0.25, -0.2) is 9.97 Å². The standard InChI is InChI=1S/C60H49N9O.ClH/c1-35-24-49-55(67(39-16-10-7-11-17-39)54-27-38(61-4)22-23-46(54)64-49)30-42(35)44-28-52-57(32-47(44)62-5)68(40-18-12-8-13-19-40)56-31-43(36(2)25-50(56)65-52)45-29-53-58(33-48(45)63-6)69(41-20-14-9-15-21-41)59-34-60(70)37(3)26-51(59)66-53;/h7-34H,1-6H3,(H3,61,62,63,64,65,66,70);1H. The number of hydrogen-bond acceptors (Lipinski definition) is 8. The summed E-state index contributed by atoms with van der Waals surface area (Å²) in [5.41, 5.74) is 24.3. The van der Waals surface area contributed by atoms with Crippen molar-refractivity contribution < 1.29 is 17.0 Å². The lowest BCUT2D eigenvalue weighted by Gasteiger charge is -2.36. The van der Waals surface area contributed by atoms with Crippen molar-refractivity contribution in [2.75, 3.05) is 47.3 Å². The Hall–Kier alpha value is -8.73. The number of nitrogens with one attached hydrogen (secondary N) is 4. The van der Waals surface area contributed by atoms with Crippen molar-refractivity contribution in [1.82, 2.24) is 14.5 Å². The maximum atomic E-state index is 13.1. The summed E-state index contributed by atoms with van der Waals surface area (Å²) in [7, 11) is 5.90. The molecule has 0 spiro atoms. The van der Waals surface area contributed by atoms with Crippen molar-refractivity contribution >= 4 is 78.6 Å². The van der Waals surface area contributed by atoms with Gasteiger partial charge < -0.3 is 43.1 Å². The van der Waals surface area contributed by atoms with Crippen LogP contribution in [0.3, 0.4) is 0 Å². The van der Waals surface area contributed by atoms with E-state index in [1.165, 1.54) is 0 Å². The lowest BCUT2D eigenvalue weighted by atomic mass is 9.93. The van der Waals surface area contributed by atoms with E-state index in [9.17, 15) is 4.79 Å². The second kappa shape index (κ2) is 17.7. The number of aryl methyl sites for hydroxylation is 3. The zero-order chi connectivity index (χ0) is 47.8. The molecule has 0 unspecified atom stereocenters. The monoisotopic (exact) mass is 947 g/mol. The Morgan fingerprint density at radius 2 is 1.13 bits per heavy atom. The third-order valence-electron chi connectivity index (χ3n) is 13.8. The predicted octanol–water partition coefficient (Wildman–Crippen LogP) is 10.4. The first-order chi connectivity index (χ1) is 34.2. The zero-order valence-electron chi connectivity index (χ0n) is 40.2. The van der Waals surface area contributed by atoms with Gasteiger partial charge in [-0.1, -0.05) is 54.6 Å². The maximum absolute atomic E-state index is 13.1. The number of halogens is 1. The highest BCUT2D eigenvalue weighted by atomic mass is 35.5. The van der Waals surface area contributed by atoms with Crippen molar-refractivity contribution in [2.24, 2.45) is 0 Å². The van der Waals surface area contributed by atoms with Crippen molar-refractivity contribution in [2.45, 2.75) is 20.8 Å². The van der Waals surface area contributed by atoms with E-state index in [1.54, 1.807) is 6.07 Å². The summed E-state index contributed by atoms with van der Waals surface area (Å²) in [6.45, 7) is 6.20. The number of nitrogens with zero attached hydrogens (tertiary/aromatic N) is 5. The van der Waals surface area contributed by atoms with Crippen molar-refractivity contribution in [3.05, 3.63) is 197 Å². The van der Waals surface area contributed by atoms with Gasteiger partial charge in [-0.2, -0.15) is 0 Å². The van der Waals surface area contributed by atoms with E-state index in [1.807, 2.05) is 52.3 Å². The van der Waals surface area contributed by atoms with Crippen molar-refractivity contribution in [1.29, 1.82) is 0 Å². The lowest BCUT2D eigenvalue weighted by molar-refractivity contribution is -0.538. The van der Waals surface area contributed by atoms with Gasteiger partial charge in [0.05, 0.1) is 45.2 Å². The minimum atomic E-state index is -0.0139. The summed E-state index contributed by atoms with van der Waals surface area (Å²) in [6, 6.07) is 59.2. The van der Waals surface area contributed by atoms with Gasteiger partial charge in [0.2, 0.25) is 16.7 Å². The summed E-state index contributed by atoms with van der Waals surface area (Å²) in [5, 5.41) is 14.4. The second-order valence-electron chi connectivity index (χ2n) is 18.1. The van der Waals surface area contributed by atoms with Crippen molar-refractivity contribution in [3.8, 4) is 45.0 Å². The summed E-state index contributed by atoms with van der Waals surface area (Å²) in [5.74, 6) is 0. The Morgan fingerprint density at radius 3 is 1.85 bits per heavy atom. The molecule has 348 valence electrons. The highest BCUT2D eigenvalue weighted by molar-refractivity contribution is 6.04. The molecule has 9 aromatic rings. The maximum Gasteiger partial charge on any atom is 0.239 e. The lowest BCUT2D eigenvalue weighted by Crippen LogP contribution is -3.00. The minimum absolute atomic E-state index is 0. The first kappa shape index (κ1) is 44.8. The molecule has 0 saturated carbocycles. The molecule has 1 aromatic heterocycles. The topological polar surface area (TPSA) is 103 Å². The largest absolute Gasteiger partial charge is 1.00 e. The summed E-state index contributed by atoms with van der Waals surface area (Å²) >= 11 is 0. The Kier molecular flexibility index (Phi) is 11.1. The molecule has 0 amide bonds. The normalized spacial score (nSPS) is 11.8. The number of anilines is 8. The number of fused-ring (bicyclic) bond motifs is 6. The fourth-order valence-corrected chi connectivity index (χ4v) is 10.3. The first-order valence-corrected chi connectivity index (χ1v) is 23.6. The van der Waals surface area contributed by atoms with Crippen LogP contribution < -0.4 is 48.6 Å². The second-order valence-corrected chi connectivity index (χ2v) is 18.1. The Bertz CT molecular complexity index is 3930. The van der Waals surface area contributed by atoms with Gasteiger partial charge in [-0.15, -0.1) is 4.57 Å². The molecule has 1 aliphatic carbocycles. The van der Waals surface area contributed by atoms with Gasteiger partial charge >= 0.3 is 0 Å². The van der Waals surface area contributed by atoms with Crippen LogP contribution in [0.2, 0.25) is 0 Å². The quantitative estimate of drug-likeness (QED) is 0.0883. The van der Waals surface area contributed by atoms with Crippen LogP contribution in [-0.4, -0.2) is 35.7 Å². The van der Waals surface area contributed by atoms with E-state index in [-0.39, 0.29) is 17.8 Å². The fraction of sp³-hybridized carbons (Fsp3) is 0.100. The van der Waals surface area contributed by atoms with E-state index < -0.39 is 0 Å². The Balaban J connectivity index is 0.00000547. The van der Waals surface area contributed by atoms with E-state index >= 15 is 0 Å². The van der Waals surface area contributed by atoms with E-state index in [0.717, 1.165) is 135 Å². The van der Waals surface area contributed by atoms with E-state index in [4.69, 9.17) is 9.97 Å². The summed E-state index contributed by atoms with van der Waals surface area (Å²) in [6.07, 6.45) is 0. The highest BCUT2D eigenvalue weighted by Crippen LogP contribution is 2.53. The van der Waals surface area contributed by atoms with Crippen LogP contribution in [0.1, 0.15) is 16.7 Å². The molecule has 0 bridgehead atoms. The zero-order valence-corrected chi connectivity index (χ0v) is 40.9. The molecule has 11 heteroatoms. The SMILES string of the molecule is CNc1ccc2nc3cc(C)c(-c4cc5c(cc4NC)N(c4ccccc4)c4cc(-c6cc7nc8cc(C)c(=O)cc-8n(-c8ccccc8)c7cc6NC)c(C)cc4N5)cc3[n+](-c3ccccc3)c2c1.[Cl-]. The van der Waals surface area contributed by atoms with E-state index in [0.29, 0.717) is 5.56 Å². The highest BCUT2D eigenvalue weighted by Gasteiger charge is 2.30.